The zero-order valence-corrected chi connectivity index (χ0v) is 19.0. The van der Waals surface area contributed by atoms with Crippen LogP contribution in [0, 0.1) is 6.92 Å². The maximum Gasteiger partial charge on any atom is 0.364 e. The van der Waals surface area contributed by atoms with E-state index < -0.39 is 15.6 Å². The highest BCUT2D eigenvalue weighted by Gasteiger charge is 2.33. The normalized spacial score (nSPS) is 18.0. The average Bonchev–Trinajstić information content (AvgIpc) is 3.16. The number of nitrogens with zero attached hydrogens (tertiary/aromatic N) is 4. The molecule has 9 heteroatoms. The molecule has 4 aromatic rings. The van der Waals surface area contributed by atoms with E-state index in [0.717, 1.165) is 5.69 Å². The van der Waals surface area contributed by atoms with Crippen LogP contribution in [0.3, 0.4) is 0 Å². The van der Waals surface area contributed by atoms with Crippen LogP contribution >= 0.6 is 0 Å². The third kappa shape index (κ3) is 3.28. The van der Waals surface area contributed by atoms with Gasteiger partial charge in [0.05, 0.1) is 16.7 Å². The van der Waals surface area contributed by atoms with Crippen molar-refractivity contribution in [2.75, 3.05) is 24.5 Å². The zero-order chi connectivity index (χ0) is 22.6. The molecule has 1 unspecified atom stereocenters. The maximum atomic E-state index is 13.5. The van der Waals surface area contributed by atoms with Crippen molar-refractivity contribution in [2.24, 2.45) is 7.05 Å². The fourth-order valence-electron chi connectivity index (χ4n) is 4.47. The minimum Gasteiger partial charge on any atom is -0.421 e. The monoisotopic (exact) mass is 452 g/mol. The summed E-state index contributed by atoms with van der Waals surface area (Å²) in [4.78, 5) is 18.7. The first-order chi connectivity index (χ1) is 15.3. The summed E-state index contributed by atoms with van der Waals surface area (Å²) in [5.74, 6) is 0. The van der Waals surface area contributed by atoms with Gasteiger partial charge in [-0.3, -0.25) is 0 Å². The molecule has 0 spiro atoms. The van der Waals surface area contributed by atoms with Crippen molar-refractivity contribution in [3.8, 4) is 0 Å². The van der Waals surface area contributed by atoms with E-state index in [0.29, 0.717) is 36.1 Å². The number of aryl methyl sites for hydroxylation is 2. The molecule has 0 bridgehead atoms. The van der Waals surface area contributed by atoms with Gasteiger partial charge in [-0.05, 0) is 49.7 Å². The minimum absolute atomic E-state index is 0.0302. The quantitative estimate of drug-likeness (QED) is 0.444. The molecule has 1 saturated heterocycles. The van der Waals surface area contributed by atoms with Crippen molar-refractivity contribution < 1.29 is 12.8 Å². The summed E-state index contributed by atoms with van der Waals surface area (Å²) in [5, 5.41) is 0.548. The third-order valence-electron chi connectivity index (χ3n) is 6.10. The van der Waals surface area contributed by atoms with E-state index in [1.54, 1.807) is 23.7 Å². The van der Waals surface area contributed by atoms with Crippen molar-refractivity contribution in [3.63, 3.8) is 0 Å². The predicted octanol–water partition coefficient (Wildman–Crippen LogP) is 2.89. The number of aromatic nitrogens is 2. The van der Waals surface area contributed by atoms with Crippen LogP contribution in [0.1, 0.15) is 12.5 Å². The standard InChI is InChI=1S/C23H24N4O4S/c1-15-5-4-6-17(11-15)27-10-9-26(13-16(27)2)32(29,30)18-7-8-20-19(12-18)22-21(23(28)31-20)24-14-25(22)3/h4-8,11-12,14,16H,9-10,13H2,1-3H3. The Bertz CT molecular complexity index is 1510. The number of sulfonamides is 1. The number of piperazine rings is 1. The maximum absolute atomic E-state index is 13.5. The van der Waals surface area contributed by atoms with Crippen LogP contribution < -0.4 is 10.5 Å². The van der Waals surface area contributed by atoms with Crippen LogP contribution in [0.25, 0.3) is 22.0 Å². The first-order valence-corrected chi connectivity index (χ1v) is 11.9. The van der Waals surface area contributed by atoms with Gasteiger partial charge in [-0.1, -0.05) is 12.1 Å². The molecule has 32 heavy (non-hydrogen) atoms. The van der Waals surface area contributed by atoms with E-state index in [-0.39, 0.29) is 16.5 Å². The summed E-state index contributed by atoms with van der Waals surface area (Å²) in [7, 11) is -1.95. The number of imidazole rings is 1. The third-order valence-corrected chi connectivity index (χ3v) is 7.96. The first-order valence-electron chi connectivity index (χ1n) is 10.5. The number of anilines is 1. The summed E-state index contributed by atoms with van der Waals surface area (Å²) in [6, 6.07) is 12.9. The average molecular weight is 453 g/mol. The molecule has 2 aromatic carbocycles. The van der Waals surface area contributed by atoms with E-state index in [4.69, 9.17) is 4.42 Å². The van der Waals surface area contributed by atoms with Gasteiger partial charge in [0, 0.05) is 43.8 Å². The molecule has 0 aliphatic carbocycles. The summed E-state index contributed by atoms with van der Waals surface area (Å²) in [5.41, 5.74) is 2.83. The van der Waals surface area contributed by atoms with Gasteiger partial charge in [0.2, 0.25) is 10.0 Å². The van der Waals surface area contributed by atoms with Gasteiger partial charge in [-0.2, -0.15) is 4.31 Å². The van der Waals surface area contributed by atoms with Crippen LogP contribution in [0.5, 0.6) is 0 Å². The van der Waals surface area contributed by atoms with Crippen LogP contribution in [0.4, 0.5) is 5.69 Å². The summed E-state index contributed by atoms with van der Waals surface area (Å²) >= 11 is 0. The smallest absolute Gasteiger partial charge is 0.364 e. The van der Waals surface area contributed by atoms with Crippen LogP contribution in [-0.4, -0.2) is 48.0 Å². The summed E-state index contributed by atoms with van der Waals surface area (Å²) in [6.45, 7) is 5.48. The van der Waals surface area contributed by atoms with Gasteiger partial charge >= 0.3 is 5.63 Å². The zero-order valence-electron chi connectivity index (χ0n) is 18.1. The molecule has 1 atom stereocenters. The number of fused-ring (bicyclic) bond motifs is 3. The van der Waals surface area contributed by atoms with Gasteiger partial charge in [-0.15, -0.1) is 0 Å². The highest BCUT2D eigenvalue weighted by molar-refractivity contribution is 7.89. The minimum atomic E-state index is -3.72. The lowest BCUT2D eigenvalue weighted by Gasteiger charge is -2.40. The van der Waals surface area contributed by atoms with Crippen molar-refractivity contribution in [3.05, 3.63) is 64.8 Å². The fourth-order valence-corrected chi connectivity index (χ4v) is 6.01. The van der Waals surface area contributed by atoms with E-state index in [9.17, 15) is 13.2 Å². The molecule has 1 aliphatic rings. The molecule has 1 aliphatic heterocycles. The van der Waals surface area contributed by atoms with Gasteiger partial charge in [0.25, 0.3) is 0 Å². The Labute approximate surface area is 185 Å². The topological polar surface area (TPSA) is 88.7 Å². The second kappa shape index (κ2) is 7.46. The Morgan fingerprint density at radius 3 is 2.69 bits per heavy atom. The molecule has 0 saturated carbocycles. The summed E-state index contributed by atoms with van der Waals surface area (Å²) in [6.07, 6.45) is 1.52. The highest BCUT2D eigenvalue weighted by Crippen LogP contribution is 2.29. The van der Waals surface area contributed by atoms with Crippen molar-refractivity contribution >= 4 is 37.7 Å². The molecular formula is C23H24N4O4S. The second-order valence-electron chi connectivity index (χ2n) is 8.34. The van der Waals surface area contributed by atoms with E-state index in [1.165, 1.54) is 22.3 Å². The predicted molar refractivity (Wildman–Crippen MR) is 124 cm³/mol. The fraction of sp³-hybridized carbons (Fsp3) is 0.304. The van der Waals surface area contributed by atoms with Crippen LogP contribution in [0.2, 0.25) is 0 Å². The first kappa shape index (κ1) is 20.7. The number of rotatable bonds is 3. The van der Waals surface area contributed by atoms with E-state index in [2.05, 4.69) is 35.0 Å². The molecule has 8 nitrogen and oxygen atoms in total. The second-order valence-corrected chi connectivity index (χ2v) is 10.3. The highest BCUT2D eigenvalue weighted by atomic mass is 32.2. The molecule has 3 heterocycles. The Balaban J connectivity index is 1.50. The van der Waals surface area contributed by atoms with Gasteiger partial charge in [-0.25, -0.2) is 18.2 Å². The molecule has 0 N–H and O–H groups in total. The van der Waals surface area contributed by atoms with Gasteiger partial charge < -0.3 is 13.9 Å². The number of hydrogen-bond acceptors (Lipinski definition) is 6. The SMILES string of the molecule is Cc1cccc(N2CCN(S(=O)(=O)c3ccc4oc(=O)c5ncn(C)c5c4c3)CC2C)c1. The number of benzene rings is 2. The largest absolute Gasteiger partial charge is 0.421 e. The summed E-state index contributed by atoms with van der Waals surface area (Å²) < 4.78 is 35.6. The molecular weight excluding hydrogens is 428 g/mol. The van der Waals surface area contributed by atoms with E-state index in [1.807, 2.05) is 13.0 Å². The van der Waals surface area contributed by atoms with Gasteiger partial charge in [0.15, 0.2) is 5.52 Å². The number of hydrogen-bond donors (Lipinski definition) is 0. The molecule has 166 valence electrons. The Morgan fingerprint density at radius 2 is 1.94 bits per heavy atom. The van der Waals surface area contributed by atoms with Crippen LogP contribution in [-0.2, 0) is 17.1 Å². The Hall–Kier alpha value is -3.17. The molecule has 5 rings (SSSR count). The van der Waals surface area contributed by atoms with Gasteiger partial charge in [0.1, 0.15) is 5.58 Å². The molecule has 1 fully saturated rings. The van der Waals surface area contributed by atoms with Crippen molar-refractivity contribution in [2.45, 2.75) is 24.8 Å². The molecule has 2 aromatic heterocycles. The van der Waals surface area contributed by atoms with Crippen molar-refractivity contribution in [1.29, 1.82) is 0 Å². The van der Waals surface area contributed by atoms with E-state index >= 15 is 0 Å². The molecule has 0 radical (unpaired) electrons. The van der Waals surface area contributed by atoms with Crippen LogP contribution in [0.15, 0.2) is 62.9 Å². The lowest BCUT2D eigenvalue weighted by atomic mass is 10.1. The Kier molecular flexibility index (Phi) is 4.83. The lowest BCUT2D eigenvalue weighted by molar-refractivity contribution is 0.342. The molecule has 0 amide bonds. The lowest BCUT2D eigenvalue weighted by Crippen LogP contribution is -2.53. The van der Waals surface area contributed by atoms with Crippen molar-refractivity contribution in [1.82, 2.24) is 13.9 Å². The Morgan fingerprint density at radius 1 is 1.12 bits per heavy atom.